The molecule has 2 aromatic rings. The van der Waals surface area contributed by atoms with E-state index in [1.807, 2.05) is 23.1 Å². The van der Waals surface area contributed by atoms with E-state index in [-0.39, 0.29) is 5.91 Å². The van der Waals surface area contributed by atoms with Crippen LogP contribution in [0.2, 0.25) is 0 Å². The van der Waals surface area contributed by atoms with Crippen LogP contribution in [-0.4, -0.2) is 22.8 Å². The molecule has 0 saturated carbocycles. The molecule has 3 nitrogen and oxygen atoms in total. The summed E-state index contributed by atoms with van der Waals surface area (Å²) in [6, 6.07) is 5.99. The maximum Gasteiger partial charge on any atom is 0.229 e. The second-order valence-corrected chi connectivity index (χ2v) is 6.91. The molecule has 3 rings (SSSR count). The number of fused-ring (bicyclic) bond motifs is 1. The van der Waals surface area contributed by atoms with Crippen LogP contribution >= 0.6 is 43.2 Å². The normalized spacial score (nSPS) is 20.0. The zero-order chi connectivity index (χ0) is 12.7. The van der Waals surface area contributed by atoms with Crippen LogP contribution in [0.5, 0.6) is 0 Å². The van der Waals surface area contributed by atoms with Gasteiger partial charge in [-0.2, -0.15) is 0 Å². The quantitative estimate of drug-likeness (QED) is 0.731. The van der Waals surface area contributed by atoms with Crippen molar-refractivity contribution in [2.45, 2.75) is 6.42 Å². The summed E-state index contributed by atoms with van der Waals surface area (Å²) in [6.07, 6.45) is 0.616. The minimum atomic E-state index is 0.178. The minimum absolute atomic E-state index is 0.178. The van der Waals surface area contributed by atoms with Crippen LogP contribution in [0.4, 0.5) is 5.13 Å². The average molecular weight is 390 g/mol. The Morgan fingerprint density at radius 3 is 3.06 bits per heavy atom. The minimum Gasteiger partial charge on any atom is -0.288 e. The molecule has 2 heterocycles. The van der Waals surface area contributed by atoms with E-state index >= 15 is 0 Å². The molecule has 0 N–H and O–H groups in total. The lowest BCUT2D eigenvalue weighted by atomic mass is 10.2. The summed E-state index contributed by atoms with van der Waals surface area (Å²) in [5.41, 5.74) is 0.952. The highest BCUT2D eigenvalue weighted by atomic mass is 79.9. The molecular weight excluding hydrogens is 380 g/mol. The summed E-state index contributed by atoms with van der Waals surface area (Å²) < 4.78 is 2.14. The van der Waals surface area contributed by atoms with Gasteiger partial charge in [-0.25, -0.2) is 4.98 Å². The highest BCUT2D eigenvalue weighted by Crippen LogP contribution is 2.34. The molecule has 0 radical (unpaired) electrons. The van der Waals surface area contributed by atoms with Gasteiger partial charge in [0.05, 0.1) is 10.2 Å². The first kappa shape index (κ1) is 12.6. The number of alkyl halides is 1. The fraction of sp³-hybridized carbons (Fsp3) is 0.333. The van der Waals surface area contributed by atoms with Gasteiger partial charge in [-0.05, 0) is 24.1 Å². The summed E-state index contributed by atoms with van der Waals surface area (Å²) in [7, 11) is 0. The van der Waals surface area contributed by atoms with Crippen LogP contribution in [-0.2, 0) is 4.79 Å². The molecule has 1 saturated heterocycles. The monoisotopic (exact) mass is 388 g/mol. The number of aromatic nitrogens is 1. The van der Waals surface area contributed by atoms with E-state index in [9.17, 15) is 4.79 Å². The molecule has 1 aliphatic heterocycles. The number of benzene rings is 1. The zero-order valence-corrected chi connectivity index (χ0v) is 13.4. The van der Waals surface area contributed by atoms with Crippen molar-refractivity contribution >= 4 is 64.5 Å². The van der Waals surface area contributed by atoms with Gasteiger partial charge >= 0.3 is 0 Å². The van der Waals surface area contributed by atoms with Crippen LogP contribution in [0, 0.1) is 5.92 Å². The largest absolute Gasteiger partial charge is 0.288 e. The van der Waals surface area contributed by atoms with E-state index < -0.39 is 0 Å². The fourth-order valence-corrected chi connectivity index (χ4v) is 4.05. The number of carbonyl (C=O) groups is 1. The first-order chi connectivity index (χ1) is 8.67. The fourth-order valence-electron chi connectivity index (χ4n) is 2.07. The number of anilines is 1. The summed E-state index contributed by atoms with van der Waals surface area (Å²) in [5.74, 6) is 0.578. The number of hydrogen-bond donors (Lipinski definition) is 0. The third-order valence-corrected chi connectivity index (χ3v) is 5.44. The van der Waals surface area contributed by atoms with Crippen molar-refractivity contribution in [1.29, 1.82) is 0 Å². The molecule has 1 atom stereocenters. The molecule has 94 valence electrons. The second-order valence-electron chi connectivity index (χ2n) is 4.34. The van der Waals surface area contributed by atoms with E-state index in [2.05, 4.69) is 36.8 Å². The van der Waals surface area contributed by atoms with Gasteiger partial charge in [-0.15, -0.1) is 0 Å². The molecular formula is C12H10Br2N2OS. The molecule has 1 aromatic heterocycles. The standard InChI is InChI=1S/C12H10Br2N2OS/c13-5-7-3-11(17)16(6-7)12-15-9-2-1-8(14)4-10(9)18-12/h1-2,4,7H,3,5-6H2. The van der Waals surface area contributed by atoms with Gasteiger partial charge in [0.2, 0.25) is 5.91 Å². The van der Waals surface area contributed by atoms with Crippen LogP contribution in [0.25, 0.3) is 10.2 Å². The average Bonchev–Trinajstić information content (AvgIpc) is 2.91. The summed E-state index contributed by atoms with van der Waals surface area (Å²) >= 11 is 8.47. The van der Waals surface area contributed by atoms with Crippen molar-refractivity contribution in [3.05, 3.63) is 22.7 Å². The van der Waals surface area contributed by atoms with Crippen LogP contribution < -0.4 is 4.90 Å². The molecule has 0 bridgehead atoms. The molecule has 18 heavy (non-hydrogen) atoms. The number of nitrogens with zero attached hydrogens (tertiary/aromatic N) is 2. The number of carbonyl (C=O) groups excluding carboxylic acids is 1. The highest BCUT2D eigenvalue weighted by molar-refractivity contribution is 9.10. The summed E-state index contributed by atoms with van der Waals surface area (Å²) in [6.45, 7) is 0.769. The third-order valence-electron chi connectivity index (χ3n) is 2.99. The van der Waals surface area contributed by atoms with E-state index in [0.717, 1.165) is 31.7 Å². The van der Waals surface area contributed by atoms with Gasteiger partial charge in [0.15, 0.2) is 5.13 Å². The highest BCUT2D eigenvalue weighted by Gasteiger charge is 2.31. The van der Waals surface area contributed by atoms with E-state index in [0.29, 0.717) is 12.3 Å². The Labute approximate surface area is 125 Å². The molecule has 0 aliphatic carbocycles. The van der Waals surface area contributed by atoms with E-state index in [1.54, 1.807) is 11.3 Å². The van der Waals surface area contributed by atoms with Gasteiger partial charge in [0, 0.05) is 22.8 Å². The molecule has 1 unspecified atom stereocenters. The molecule has 1 aromatic carbocycles. The predicted molar refractivity (Wildman–Crippen MR) is 81.6 cm³/mol. The van der Waals surface area contributed by atoms with Crippen LogP contribution in [0.1, 0.15) is 6.42 Å². The number of amides is 1. The van der Waals surface area contributed by atoms with Crippen molar-refractivity contribution < 1.29 is 4.79 Å². The lowest BCUT2D eigenvalue weighted by molar-refractivity contribution is -0.117. The molecule has 6 heteroatoms. The maximum absolute atomic E-state index is 12.0. The van der Waals surface area contributed by atoms with E-state index in [4.69, 9.17) is 0 Å². The smallest absolute Gasteiger partial charge is 0.229 e. The van der Waals surface area contributed by atoms with Crippen molar-refractivity contribution in [2.75, 3.05) is 16.8 Å². The molecule has 0 spiro atoms. The van der Waals surface area contributed by atoms with Crippen molar-refractivity contribution in [2.24, 2.45) is 5.92 Å². The molecule has 1 amide bonds. The van der Waals surface area contributed by atoms with Crippen molar-refractivity contribution in [3.8, 4) is 0 Å². The topological polar surface area (TPSA) is 33.2 Å². The van der Waals surface area contributed by atoms with Crippen molar-refractivity contribution in [3.63, 3.8) is 0 Å². The van der Waals surface area contributed by atoms with Crippen LogP contribution in [0.15, 0.2) is 22.7 Å². The third kappa shape index (κ3) is 2.21. The van der Waals surface area contributed by atoms with Gasteiger partial charge in [0.25, 0.3) is 0 Å². The first-order valence-corrected chi connectivity index (χ1v) is 8.33. The molecule has 1 fully saturated rings. The van der Waals surface area contributed by atoms with E-state index in [1.165, 1.54) is 0 Å². The number of thiazole rings is 1. The van der Waals surface area contributed by atoms with Crippen LogP contribution in [0.3, 0.4) is 0 Å². The Morgan fingerprint density at radius 2 is 2.33 bits per heavy atom. The summed E-state index contributed by atoms with van der Waals surface area (Å²) in [4.78, 5) is 18.3. The first-order valence-electron chi connectivity index (χ1n) is 5.60. The Morgan fingerprint density at radius 1 is 1.50 bits per heavy atom. The number of rotatable bonds is 2. The molecule has 1 aliphatic rings. The lowest BCUT2D eigenvalue weighted by Gasteiger charge is -2.11. The van der Waals surface area contributed by atoms with Gasteiger partial charge in [0.1, 0.15) is 0 Å². The summed E-state index contributed by atoms with van der Waals surface area (Å²) in [5, 5.41) is 1.68. The maximum atomic E-state index is 12.0. The zero-order valence-electron chi connectivity index (χ0n) is 9.40. The SMILES string of the molecule is O=C1CC(CBr)CN1c1nc2ccc(Br)cc2s1. The van der Waals surface area contributed by atoms with Gasteiger partial charge in [-0.1, -0.05) is 43.2 Å². The second kappa shape index (κ2) is 4.90. The Hall–Kier alpha value is -0.460. The Balaban J connectivity index is 1.97. The van der Waals surface area contributed by atoms with Gasteiger partial charge < -0.3 is 0 Å². The number of hydrogen-bond acceptors (Lipinski definition) is 3. The van der Waals surface area contributed by atoms with Gasteiger partial charge in [-0.3, -0.25) is 9.69 Å². The Bertz CT molecular complexity index is 613. The number of halogens is 2. The lowest BCUT2D eigenvalue weighted by Crippen LogP contribution is -2.24. The Kier molecular flexibility index (Phi) is 3.42. The van der Waals surface area contributed by atoms with Crippen molar-refractivity contribution in [1.82, 2.24) is 4.98 Å². The predicted octanol–water partition coefficient (Wildman–Crippen LogP) is 3.81.